The number of hydrogen-bond donors (Lipinski definition) is 1. The van der Waals surface area contributed by atoms with Gasteiger partial charge in [-0.15, -0.1) is 0 Å². The van der Waals surface area contributed by atoms with Crippen molar-refractivity contribution in [2.75, 3.05) is 19.0 Å². The van der Waals surface area contributed by atoms with Gasteiger partial charge in [-0.1, -0.05) is 30.1 Å². The maximum absolute atomic E-state index is 12.7. The summed E-state index contributed by atoms with van der Waals surface area (Å²) in [4.78, 5) is 16.5. The van der Waals surface area contributed by atoms with Gasteiger partial charge in [0.2, 0.25) is 0 Å². The molecule has 0 saturated carbocycles. The highest BCUT2D eigenvalue weighted by molar-refractivity contribution is 6.39. The predicted octanol–water partition coefficient (Wildman–Crippen LogP) is 4.15. The minimum absolute atomic E-state index is 0.0873. The molecule has 23 heavy (non-hydrogen) atoms. The maximum atomic E-state index is 12.7. The average molecular weight is 353 g/mol. The van der Waals surface area contributed by atoms with E-state index in [9.17, 15) is 4.79 Å². The molecule has 0 radical (unpaired) electrons. The van der Waals surface area contributed by atoms with Crippen LogP contribution in [0.25, 0.3) is 0 Å². The number of nitrogens with one attached hydrogen (secondary N) is 1. The number of rotatable bonds is 3. The molecule has 0 aliphatic carbocycles. The number of amides is 1. The molecular formula is C16H14Cl2N2O3. The third-order valence-corrected chi connectivity index (χ3v) is 4.26. The molecule has 5 nitrogen and oxygen atoms in total. The first-order chi connectivity index (χ1) is 11.0. The summed E-state index contributed by atoms with van der Waals surface area (Å²) < 4.78 is 10.9. The van der Waals surface area contributed by atoms with E-state index in [1.165, 1.54) is 12.4 Å². The van der Waals surface area contributed by atoms with E-state index in [2.05, 4.69) is 10.3 Å². The van der Waals surface area contributed by atoms with E-state index in [0.717, 1.165) is 5.56 Å². The Balaban J connectivity index is 2.00. The van der Waals surface area contributed by atoms with Crippen LogP contribution >= 0.6 is 23.2 Å². The summed E-state index contributed by atoms with van der Waals surface area (Å²) in [5.41, 5.74) is 1.67. The molecule has 1 aromatic carbocycles. The van der Waals surface area contributed by atoms with E-state index >= 15 is 0 Å². The predicted molar refractivity (Wildman–Crippen MR) is 89.1 cm³/mol. The molecule has 1 aliphatic heterocycles. The number of carbonyl (C=O) groups is 1. The van der Waals surface area contributed by atoms with E-state index in [-0.39, 0.29) is 21.9 Å². The van der Waals surface area contributed by atoms with Crippen molar-refractivity contribution >= 4 is 34.8 Å². The largest absolute Gasteiger partial charge is 0.493 e. The summed E-state index contributed by atoms with van der Waals surface area (Å²) >= 11 is 12.1. The summed E-state index contributed by atoms with van der Waals surface area (Å²) in [6, 6.07) is 3.42. The smallest absolute Gasteiger partial charge is 0.256 e. The van der Waals surface area contributed by atoms with Crippen molar-refractivity contribution in [3.8, 4) is 11.5 Å². The Bertz CT molecular complexity index is 760. The molecule has 7 heteroatoms. The summed E-state index contributed by atoms with van der Waals surface area (Å²) in [6.45, 7) is 2.50. The van der Waals surface area contributed by atoms with Gasteiger partial charge in [0.05, 0.1) is 29.4 Å². The number of aromatic nitrogens is 1. The van der Waals surface area contributed by atoms with Crippen molar-refractivity contribution in [2.45, 2.75) is 12.8 Å². The molecule has 1 aromatic heterocycles. The molecule has 0 bridgehead atoms. The summed E-state index contributed by atoms with van der Waals surface area (Å²) in [5.74, 6) is 1.00. The highest BCUT2D eigenvalue weighted by Gasteiger charge is 2.30. The molecule has 0 spiro atoms. The number of nitrogens with zero attached hydrogens (tertiary/aromatic N) is 1. The van der Waals surface area contributed by atoms with Crippen LogP contribution in [0.4, 0.5) is 5.69 Å². The van der Waals surface area contributed by atoms with Crippen molar-refractivity contribution in [1.82, 2.24) is 4.98 Å². The van der Waals surface area contributed by atoms with Crippen molar-refractivity contribution < 1.29 is 14.3 Å². The first kappa shape index (κ1) is 15.9. The molecule has 1 amide bonds. The first-order valence-corrected chi connectivity index (χ1v) is 7.72. The van der Waals surface area contributed by atoms with Gasteiger partial charge in [-0.25, -0.2) is 0 Å². The molecule has 2 heterocycles. The van der Waals surface area contributed by atoms with Crippen LogP contribution in [0.5, 0.6) is 11.5 Å². The summed E-state index contributed by atoms with van der Waals surface area (Å²) in [7, 11) is 1.57. The van der Waals surface area contributed by atoms with Crippen LogP contribution in [-0.4, -0.2) is 24.6 Å². The number of benzene rings is 1. The second-order valence-corrected chi connectivity index (χ2v) is 6.02. The van der Waals surface area contributed by atoms with E-state index in [4.69, 9.17) is 32.7 Å². The zero-order chi connectivity index (χ0) is 16.6. The van der Waals surface area contributed by atoms with Crippen molar-refractivity contribution in [2.24, 2.45) is 0 Å². The number of carbonyl (C=O) groups excluding carboxylic acids is 1. The monoisotopic (exact) mass is 352 g/mol. The highest BCUT2D eigenvalue weighted by atomic mass is 35.5. The average Bonchev–Trinajstić information content (AvgIpc) is 2.92. The molecule has 0 fully saturated rings. The van der Waals surface area contributed by atoms with Gasteiger partial charge in [0.25, 0.3) is 5.91 Å². The lowest BCUT2D eigenvalue weighted by molar-refractivity contribution is 0.102. The lowest BCUT2D eigenvalue weighted by Crippen LogP contribution is -2.15. The van der Waals surface area contributed by atoms with E-state index < -0.39 is 0 Å². The number of methoxy groups -OCH3 is 1. The van der Waals surface area contributed by atoms with Crippen LogP contribution in [0.3, 0.4) is 0 Å². The second kappa shape index (κ2) is 6.26. The van der Waals surface area contributed by atoms with Gasteiger partial charge in [-0.05, 0) is 12.1 Å². The lowest BCUT2D eigenvalue weighted by atomic mass is 9.96. The number of fused-ring (bicyclic) bond motifs is 1. The Morgan fingerprint density at radius 2 is 2.04 bits per heavy atom. The molecule has 120 valence electrons. The third kappa shape index (κ3) is 2.82. The summed E-state index contributed by atoms with van der Waals surface area (Å²) in [5, 5.41) is 3.30. The number of hydrogen-bond acceptors (Lipinski definition) is 4. The van der Waals surface area contributed by atoms with Gasteiger partial charge in [0.1, 0.15) is 0 Å². The van der Waals surface area contributed by atoms with Crippen LogP contribution in [0.2, 0.25) is 10.0 Å². The van der Waals surface area contributed by atoms with Crippen molar-refractivity contribution in [3.05, 3.63) is 45.7 Å². The standard InChI is InChI=1S/C16H14Cl2N2O3/c1-8-7-23-15-12(22-2)4-3-9(13(8)15)16(21)20-14-10(17)5-19-6-11(14)18/h3-6,8H,7H2,1-2H3,(H,19,20,21). The number of ether oxygens (including phenoxy) is 2. The molecule has 3 rings (SSSR count). The molecule has 2 aromatic rings. The Labute approximate surface area is 143 Å². The fraction of sp³-hybridized carbons (Fsp3) is 0.250. The van der Waals surface area contributed by atoms with Crippen LogP contribution in [0.15, 0.2) is 24.5 Å². The second-order valence-electron chi connectivity index (χ2n) is 5.20. The van der Waals surface area contributed by atoms with Gasteiger partial charge in [0.15, 0.2) is 11.5 Å². The topological polar surface area (TPSA) is 60.5 Å². The molecule has 0 saturated heterocycles. The minimum atomic E-state index is -0.309. The number of halogens is 2. The Kier molecular flexibility index (Phi) is 4.33. The van der Waals surface area contributed by atoms with Crippen LogP contribution in [-0.2, 0) is 0 Å². The lowest BCUT2D eigenvalue weighted by Gasteiger charge is -2.14. The molecular weight excluding hydrogens is 339 g/mol. The number of anilines is 1. The third-order valence-electron chi connectivity index (χ3n) is 3.69. The van der Waals surface area contributed by atoms with E-state index in [1.54, 1.807) is 19.2 Å². The van der Waals surface area contributed by atoms with Crippen LogP contribution < -0.4 is 14.8 Å². The zero-order valence-electron chi connectivity index (χ0n) is 12.5. The molecule has 1 atom stereocenters. The Morgan fingerprint density at radius 3 is 2.70 bits per heavy atom. The van der Waals surface area contributed by atoms with Crippen LogP contribution in [0, 0.1) is 0 Å². The molecule has 1 aliphatic rings. The van der Waals surface area contributed by atoms with Gasteiger partial charge >= 0.3 is 0 Å². The molecule has 1 N–H and O–H groups in total. The quantitative estimate of drug-likeness (QED) is 0.901. The number of pyridine rings is 1. The van der Waals surface area contributed by atoms with Crippen molar-refractivity contribution in [3.63, 3.8) is 0 Å². The van der Waals surface area contributed by atoms with Gasteiger partial charge in [-0.3, -0.25) is 9.78 Å². The fourth-order valence-electron chi connectivity index (χ4n) is 2.58. The van der Waals surface area contributed by atoms with E-state index in [0.29, 0.717) is 29.4 Å². The van der Waals surface area contributed by atoms with Crippen molar-refractivity contribution in [1.29, 1.82) is 0 Å². The van der Waals surface area contributed by atoms with E-state index in [1.807, 2.05) is 6.92 Å². The fourth-order valence-corrected chi connectivity index (χ4v) is 3.04. The SMILES string of the molecule is COc1ccc(C(=O)Nc2c(Cl)cncc2Cl)c2c1OCC2C. The van der Waals surface area contributed by atoms with Gasteiger partial charge in [0, 0.05) is 29.4 Å². The van der Waals surface area contributed by atoms with Gasteiger partial charge in [-0.2, -0.15) is 0 Å². The highest BCUT2D eigenvalue weighted by Crippen LogP contribution is 2.43. The first-order valence-electron chi connectivity index (χ1n) is 6.97. The van der Waals surface area contributed by atoms with Gasteiger partial charge < -0.3 is 14.8 Å². The normalized spacial score (nSPS) is 15.7. The maximum Gasteiger partial charge on any atom is 0.256 e. The Morgan fingerprint density at radius 1 is 1.35 bits per heavy atom. The van der Waals surface area contributed by atoms with Crippen LogP contribution in [0.1, 0.15) is 28.8 Å². The zero-order valence-corrected chi connectivity index (χ0v) is 14.0. The molecule has 1 unspecified atom stereocenters. The summed E-state index contributed by atoms with van der Waals surface area (Å²) in [6.07, 6.45) is 2.85. The minimum Gasteiger partial charge on any atom is -0.493 e. The Hall–Kier alpha value is -1.98.